The summed E-state index contributed by atoms with van der Waals surface area (Å²) >= 11 is 5.52. The van der Waals surface area contributed by atoms with Gasteiger partial charge in [-0.25, -0.2) is 8.78 Å². The molecule has 2 rings (SSSR count). The number of halogens is 3. The second kappa shape index (κ2) is 5.23. The molecular weight excluding hydrogens is 250 g/mol. The predicted octanol–water partition coefficient (Wildman–Crippen LogP) is 3.19. The third-order valence-corrected chi connectivity index (χ3v) is 2.42. The van der Waals surface area contributed by atoms with Gasteiger partial charge in [-0.05, 0) is 24.6 Å². The van der Waals surface area contributed by atoms with Crippen LogP contribution in [0.3, 0.4) is 0 Å². The number of aryl methyl sites for hydroxylation is 1. The first-order valence-electron chi connectivity index (χ1n) is 5.04. The summed E-state index contributed by atoms with van der Waals surface area (Å²) in [4.78, 5) is 0. The zero-order valence-electron chi connectivity index (χ0n) is 8.79. The largest absolute Gasteiger partial charge is 0.421 e. The molecule has 3 nitrogen and oxygen atoms in total. The van der Waals surface area contributed by atoms with Crippen molar-refractivity contribution >= 4 is 11.6 Å². The van der Waals surface area contributed by atoms with Crippen molar-refractivity contribution < 1.29 is 13.2 Å². The number of benzene rings is 1. The minimum atomic E-state index is -0.598. The maximum Gasteiger partial charge on any atom is 0.250 e. The lowest BCUT2D eigenvalue weighted by Gasteiger charge is -1.97. The molecule has 1 heterocycles. The van der Waals surface area contributed by atoms with Crippen LogP contribution in [-0.4, -0.2) is 16.1 Å². The Morgan fingerprint density at radius 3 is 2.82 bits per heavy atom. The van der Waals surface area contributed by atoms with Crippen molar-refractivity contribution in [3.05, 3.63) is 35.7 Å². The Morgan fingerprint density at radius 2 is 2.06 bits per heavy atom. The molecule has 0 atom stereocenters. The second-order valence-corrected chi connectivity index (χ2v) is 3.80. The summed E-state index contributed by atoms with van der Waals surface area (Å²) in [5.74, 6) is -0.330. The molecule has 0 saturated carbocycles. The molecular formula is C11H9ClF2N2O. The van der Waals surface area contributed by atoms with Crippen molar-refractivity contribution in [2.24, 2.45) is 0 Å². The van der Waals surface area contributed by atoms with Gasteiger partial charge in [0.25, 0.3) is 5.89 Å². The first kappa shape index (κ1) is 12.0. The molecule has 1 aromatic carbocycles. The Morgan fingerprint density at radius 1 is 1.24 bits per heavy atom. The normalized spacial score (nSPS) is 10.8. The van der Waals surface area contributed by atoms with Gasteiger partial charge in [-0.3, -0.25) is 0 Å². The Balaban J connectivity index is 2.27. The molecule has 0 aliphatic rings. The van der Waals surface area contributed by atoms with Gasteiger partial charge in [-0.1, -0.05) is 0 Å². The fraction of sp³-hybridized carbons (Fsp3) is 0.273. The topological polar surface area (TPSA) is 38.9 Å². The number of alkyl halides is 1. The van der Waals surface area contributed by atoms with Crippen LogP contribution in [0.1, 0.15) is 12.3 Å². The van der Waals surface area contributed by atoms with Crippen LogP contribution in [0.15, 0.2) is 22.6 Å². The van der Waals surface area contributed by atoms with Crippen molar-refractivity contribution in [1.82, 2.24) is 10.2 Å². The Kier molecular flexibility index (Phi) is 3.68. The molecule has 0 fully saturated rings. The van der Waals surface area contributed by atoms with E-state index in [0.29, 0.717) is 24.6 Å². The summed E-state index contributed by atoms with van der Waals surface area (Å²) in [7, 11) is 0. The third kappa shape index (κ3) is 2.79. The first-order valence-corrected chi connectivity index (χ1v) is 5.58. The minimum absolute atomic E-state index is 0.0217. The van der Waals surface area contributed by atoms with E-state index in [1.807, 2.05) is 0 Å². The molecule has 1 aromatic heterocycles. The van der Waals surface area contributed by atoms with Crippen LogP contribution in [0, 0.1) is 11.6 Å². The van der Waals surface area contributed by atoms with E-state index >= 15 is 0 Å². The molecule has 0 spiro atoms. The molecule has 6 heteroatoms. The number of nitrogens with zero attached hydrogens (tertiary/aromatic N) is 2. The van der Waals surface area contributed by atoms with Gasteiger partial charge in [0, 0.05) is 12.3 Å². The highest BCUT2D eigenvalue weighted by atomic mass is 35.5. The lowest BCUT2D eigenvalue weighted by atomic mass is 10.2. The van der Waals surface area contributed by atoms with E-state index in [-0.39, 0.29) is 11.5 Å². The van der Waals surface area contributed by atoms with Crippen LogP contribution in [0.5, 0.6) is 0 Å². The predicted molar refractivity (Wildman–Crippen MR) is 58.7 cm³/mol. The Hall–Kier alpha value is -1.49. The van der Waals surface area contributed by atoms with Gasteiger partial charge in [0.2, 0.25) is 5.89 Å². The van der Waals surface area contributed by atoms with Crippen molar-refractivity contribution in [2.45, 2.75) is 12.8 Å². The van der Waals surface area contributed by atoms with Crippen LogP contribution in [0.25, 0.3) is 11.5 Å². The lowest BCUT2D eigenvalue weighted by molar-refractivity contribution is 0.497. The minimum Gasteiger partial charge on any atom is -0.421 e. The smallest absolute Gasteiger partial charge is 0.250 e. The van der Waals surface area contributed by atoms with Crippen molar-refractivity contribution in [3.8, 4) is 11.5 Å². The molecule has 17 heavy (non-hydrogen) atoms. The zero-order chi connectivity index (χ0) is 12.3. The monoisotopic (exact) mass is 258 g/mol. The molecule has 0 radical (unpaired) electrons. The Labute approximate surface area is 101 Å². The summed E-state index contributed by atoms with van der Waals surface area (Å²) in [5, 5.41) is 7.41. The van der Waals surface area contributed by atoms with Gasteiger partial charge in [0.15, 0.2) is 0 Å². The van der Waals surface area contributed by atoms with Gasteiger partial charge < -0.3 is 4.42 Å². The molecule has 0 aliphatic carbocycles. The highest BCUT2D eigenvalue weighted by Gasteiger charge is 2.13. The summed E-state index contributed by atoms with van der Waals surface area (Å²) in [6.07, 6.45) is 1.21. The van der Waals surface area contributed by atoms with Gasteiger partial charge in [-0.2, -0.15) is 0 Å². The van der Waals surface area contributed by atoms with Gasteiger partial charge in [0.1, 0.15) is 11.6 Å². The van der Waals surface area contributed by atoms with E-state index < -0.39 is 11.6 Å². The molecule has 0 N–H and O–H groups in total. The maximum atomic E-state index is 13.4. The number of aromatic nitrogens is 2. The van der Waals surface area contributed by atoms with E-state index in [1.165, 1.54) is 0 Å². The molecule has 90 valence electrons. The van der Waals surface area contributed by atoms with Gasteiger partial charge in [-0.15, -0.1) is 21.8 Å². The van der Waals surface area contributed by atoms with Gasteiger partial charge in [0.05, 0.1) is 5.56 Å². The van der Waals surface area contributed by atoms with Crippen molar-refractivity contribution in [2.75, 3.05) is 5.88 Å². The summed E-state index contributed by atoms with van der Waals surface area (Å²) in [6, 6.07) is 3.07. The van der Waals surface area contributed by atoms with E-state index in [4.69, 9.17) is 16.0 Å². The molecule has 0 unspecified atom stereocenters. The van der Waals surface area contributed by atoms with Gasteiger partial charge >= 0.3 is 0 Å². The van der Waals surface area contributed by atoms with E-state index in [1.54, 1.807) is 0 Å². The van der Waals surface area contributed by atoms with Crippen molar-refractivity contribution in [1.29, 1.82) is 0 Å². The summed E-state index contributed by atoms with van der Waals surface area (Å²) in [6.45, 7) is 0. The molecule has 0 bridgehead atoms. The fourth-order valence-corrected chi connectivity index (χ4v) is 1.48. The van der Waals surface area contributed by atoms with Crippen LogP contribution in [-0.2, 0) is 6.42 Å². The SMILES string of the molecule is Fc1ccc(F)c(-c2nnc(CCCCl)o2)c1. The summed E-state index contributed by atoms with van der Waals surface area (Å²) < 4.78 is 31.6. The van der Waals surface area contributed by atoms with Crippen LogP contribution >= 0.6 is 11.6 Å². The second-order valence-electron chi connectivity index (χ2n) is 3.42. The molecule has 0 saturated heterocycles. The third-order valence-electron chi connectivity index (χ3n) is 2.15. The van der Waals surface area contributed by atoms with Crippen LogP contribution in [0.2, 0.25) is 0 Å². The molecule has 0 amide bonds. The average molecular weight is 259 g/mol. The van der Waals surface area contributed by atoms with E-state index in [2.05, 4.69) is 10.2 Å². The van der Waals surface area contributed by atoms with E-state index in [9.17, 15) is 8.78 Å². The lowest BCUT2D eigenvalue weighted by Crippen LogP contribution is -1.86. The highest BCUT2D eigenvalue weighted by molar-refractivity contribution is 6.17. The zero-order valence-corrected chi connectivity index (χ0v) is 9.55. The maximum absolute atomic E-state index is 13.4. The standard InChI is InChI=1S/C11H9ClF2N2O/c12-5-1-2-10-15-16-11(17-10)8-6-7(13)3-4-9(8)14/h3-4,6H,1-2,5H2. The molecule has 0 aliphatic heterocycles. The quantitative estimate of drug-likeness (QED) is 0.791. The molecule has 2 aromatic rings. The summed E-state index contributed by atoms with van der Waals surface area (Å²) in [5.41, 5.74) is -0.0328. The van der Waals surface area contributed by atoms with Crippen LogP contribution in [0.4, 0.5) is 8.78 Å². The van der Waals surface area contributed by atoms with Crippen LogP contribution < -0.4 is 0 Å². The number of rotatable bonds is 4. The number of hydrogen-bond donors (Lipinski definition) is 0. The first-order chi connectivity index (χ1) is 8.20. The average Bonchev–Trinajstić information content (AvgIpc) is 2.78. The highest BCUT2D eigenvalue weighted by Crippen LogP contribution is 2.22. The Bertz CT molecular complexity index is 516. The van der Waals surface area contributed by atoms with E-state index in [0.717, 1.165) is 18.2 Å². The fourth-order valence-electron chi connectivity index (χ4n) is 1.34. The number of hydrogen-bond acceptors (Lipinski definition) is 3. The van der Waals surface area contributed by atoms with Crippen molar-refractivity contribution in [3.63, 3.8) is 0 Å².